The van der Waals surface area contributed by atoms with Crippen molar-refractivity contribution in [3.05, 3.63) is 61.7 Å². The summed E-state index contributed by atoms with van der Waals surface area (Å²) in [5.74, 6) is -0.140. The van der Waals surface area contributed by atoms with Crippen molar-refractivity contribution in [1.82, 2.24) is 14.7 Å². The summed E-state index contributed by atoms with van der Waals surface area (Å²) in [6, 6.07) is 5.41. The summed E-state index contributed by atoms with van der Waals surface area (Å²) >= 11 is 3.02. The van der Waals surface area contributed by atoms with Gasteiger partial charge >= 0.3 is 0 Å². The van der Waals surface area contributed by atoms with Gasteiger partial charge in [0, 0.05) is 46.8 Å². The van der Waals surface area contributed by atoms with Gasteiger partial charge in [0.05, 0.1) is 0 Å². The minimum Gasteiger partial charge on any atom is -0.352 e. The maximum atomic E-state index is 12.0. The Morgan fingerprint density at radius 2 is 2.30 bits per heavy atom. The maximum Gasteiger partial charge on any atom is 0.258 e. The molecule has 1 amide bonds. The standard InChI is InChI=1S/C16H15N3O2S2/c1-11-9-15(21)19-12(10-23-16(19)18-11)6-7-17-14(20)5-4-13-3-2-8-22-13/h2-5,8-10H,6-7H2,1H3,(H,17,20). The highest BCUT2D eigenvalue weighted by Crippen LogP contribution is 2.13. The maximum absolute atomic E-state index is 12.0. The van der Waals surface area contributed by atoms with Crippen LogP contribution in [0.25, 0.3) is 11.0 Å². The molecule has 0 fully saturated rings. The smallest absolute Gasteiger partial charge is 0.258 e. The predicted octanol–water partition coefficient (Wildman–Crippen LogP) is 2.50. The van der Waals surface area contributed by atoms with E-state index in [1.807, 2.05) is 22.9 Å². The second kappa shape index (κ2) is 6.89. The van der Waals surface area contributed by atoms with Crippen molar-refractivity contribution >= 4 is 39.6 Å². The van der Waals surface area contributed by atoms with Gasteiger partial charge in [0.2, 0.25) is 5.91 Å². The molecular formula is C16H15N3O2S2. The second-order valence-corrected chi connectivity index (χ2v) is 6.79. The number of nitrogens with one attached hydrogen (secondary N) is 1. The number of carbonyl (C=O) groups excluding carboxylic acids is 1. The zero-order chi connectivity index (χ0) is 16.2. The highest BCUT2D eigenvalue weighted by Gasteiger charge is 2.07. The van der Waals surface area contributed by atoms with E-state index in [-0.39, 0.29) is 11.5 Å². The van der Waals surface area contributed by atoms with Gasteiger partial charge in [-0.05, 0) is 24.4 Å². The van der Waals surface area contributed by atoms with Crippen LogP contribution in [0.2, 0.25) is 0 Å². The van der Waals surface area contributed by atoms with Crippen LogP contribution >= 0.6 is 22.7 Å². The molecule has 0 bridgehead atoms. The number of fused-ring (bicyclic) bond motifs is 1. The first-order chi connectivity index (χ1) is 11.1. The molecule has 3 rings (SSSR count). The lowest BCUT2D eigenvalue weighted by Gasteiger charge is -2.03. The van der Waals surface area contributed by atoms with Crippen molar-refractivity contribution in [3.63, 3.8) is 0 Å². The van der Waals surface area contributed by atoms with Gasteiger partial charge in [-0.3, -0.25) is 14.0 Å². The molecule has 0 saturated heterocycles. The number of thiophene rings is 1. The van der Waals surface area contributed by atoms with E-state index < -0.39 is 0 Å². The lowest BCUT2D eigenvalue weighted by Crippen LogP contribution is -2.25. The topological polar surface area (TPSA) is 63.5 Å². The molecule has 3 heterocycles. The van der Waals surface area contributed by atoms with Crippen LogP contribution in [-0.2, 0) is 11.2 Å². The number of rotatable bonds is 5. The lowest BCUT2D eigenvalue weighted by atomic mass is 10.3. The second-order valence-electron chi connectivity index (χ2n) is 4.97. The SMILES string of the molecule is Cc1cc(=O)n2c(CCNC(=O)C=Cc3cccs3)csc2n1. The largest absolute Gasteiger partial charge is 0.352 e. The number of amides is 1. The summed E-state index contributed by atoms with van der Waals surface area (Å²) in [7, 11) is 0. The Kier molecular flexibility index (Phi) is 4.68. The van der Waals surface area contributed by atoms with Gasteiger partial charge in [-0.2, -0.15) is 0 Å². The summed E-state index contributed by atoms with van der Waals surface area (Å²) in [5.41, 5.74) is 1.51. The van der Waals surface area contributed by atoms with Crippen LogP contribution in [0.4, 0.5) is 0 Å². The van der Waals surface area contributed by atoms with Gasteiger partial charge in [0.1, 0.15) is 0 Å². The fraction of sp³-hybridized carbons (Fsp3) is 0.188. The predicted molar refractivity (Wildman–Crippen MR) is 94.1 cm³/mol. The van der Waals surface area contributed by atoms with E-state index in [4.69, 9.17) is 0 Å². The summed E-state index contributed by atoms with van der Waals surface area (Å²) in [6.07, 6.45) is 3.90. The Bertz CT molecular complexity index is 907. The summed E-state index contributed by atoms with van der Waals surface area (Å²) in [6.45, 7) is 2.28. The molecule has 0 saturated carbocycles. The third-order valence-corrected chi connectivity index (χ3v) is 4.94. The Labute approximate surface area is 140 Å². The van der Waals surface area contributed by atoms with Crippen LogP contribution in [-0.4, -0.2) is 21.8 Å². The number of carbonyl (C=O) groups is 1. The van der Waals surface area contributed by atoms with E-state index in [1.165, 1.54) is 23.5 Å². The molecule has 5 nitrogen and oxygen atoms in total. The minimum absolute atomic E-state index is 0.0762. The molecule has 3 aromatic heterocycles. The van der Waals surface area contributed by atoms with Gasteiger partial charge in [-0.1, -0.05) is 6.07 Å². The first kappa shape index (κ1) is 15.6. The Morgan fingerprint density at radius 3 is 3.09 bits per heavy atom. The molecule has 1 N–H and O–H groups in total. The van der Waals surface area contributed by atoms with Crippen LogP contribution in [0, 0.1) is 6.92 Å². The number of thiazole rings is 1. The molecule has 0 atom stereocenters. The number of hydrogen-bond acceptors (Lipinski definition) is 5. The molecule has 0 aliphatic carbocycles. The third kappa shape index (κ3) is 3.75. The molecule has 7 heteroatoms. The Hall–Kier alpha value is -2.25. The van der Waals surface area contributed by atoms with Crippen molar-refractivity contribution < 1.29 is 4.79 Å². The van der Waals surface area contributed by atoms with E-state index in [0.29, 0.717) is 17.9 Å². The Balaban J connectivity index is 1.61. The molecule has 0 aliphatic heterocycles. The number of aryl methyl sites for hydroxylation is 1. The van der Waals surface area contributed by atoms with E-state index in [0.717, 1.165) is 16.3 Å². The molecule has 118 valence electrons. The van der Waals surface area contributed by atoms with Crippen LogP contribution in [0.1, 0.15) is 16.3 Å². The summed E-state index contributed by atoms with van der Waals surface area (Å²) < 4.78 is 1.60. The molecule has 0 aromatic carbocycles. The average Bonchev–Trinajstić information content (AvgIpc) is 3.15. The highest BCUT2D eigenvalue weighted by atomic mass is 32.1. The van der Waals surface area contributed by atoms with Crippen molar-refractivity contribution in [2.45, 2.75) is 13.3 Å². The van der Waals surface area contributed by atoms with Gasteiger partial charge in [-0.15, -0.1) is 22.7 Å². The van der Waals surface area contributed by atoms with E-state index in [9.17, 15) is 9.59 Å². The fourth-order valence-corrected chi connectivity index (χ4v) is 3.77. The third-order valence-electron chi connectivity index (χ3n) is 3.23. The van der Waals surface area contributed by atoms with E-state index >= 15 is 0 Å². The molecule has 3 aromatic rings. The molecule has 23 heavy (non-hydrogen) atoms. The van der Waals surface area contributed by atoms with Crippen LogP contribution < -0.4 is 10.9 Å². The highest BCUT2D eigenvalue weighted by molar-refractivity contribution is 7.15. The van der Waals surface area contributed by atoms with Gasteiger partial charge in [-0.25, -0.2) is 4.98 Å². The number of nitrogens with zero attached hydrogens (tertiary/aromatic N) is 2. The van der Waals surface area contributed by atoms with Crippen LogP contribution in [0.5, 0.6) is 0 Å². The molecule has 0 spiro atoms. The zero-order valence-electron chi connectivity index (χ0n) is 12.5. The minimum atomic E-state index is -0.140. The lowest BCUT2D eigenvalue weighted by molar-refractivity contribution is -0.116. The van der Waals surface area contributed by atoms with Crippen molar-refractivity contribution in [3.8, 4) is 0 Å². The first-order valence-electron chi connectivity index (χ1n) is 7.10. The van der Waals surface area contributed by atoms with Crippen LogP contribution in [0.15, 0.2) is 39.8 Å². The van der Waals surface area contributed by atoms with Crippen molar-refractivity contribution in [2.75, 3.05) is 6.54 Å². The molecule has 0 aliphatic rings. The zero-order valence-corrected chi connectivity index (χ0v) is 14.1. The quantitative estimate of drug-likeness (QED) is 0.723. The summed E-state index contributed by atoms with van der Waals surface area (Å²) in [5, 5.41) is 6.71. The van der Waals surface area contributed by atoms with Gasteiger partial charge < -0.3 is 5.32 Å². The number of hydrogen-bond donors (Lipinski definition) is 1. The first-order valence-corrected chi connectivity index (χ1v) is 8.85. The number of aromatic nitrogens is 2. The van der Waals surface area contributed by atoms with Gasteiger partial charge in [0.15, 0.2) is 4.96 Å². The van der Waals surface area contributed by atoms with Crippen molar-refractivity contribution in [1.29, 1.82) is 0 Å². The van der Waals surface area contributed by atoms with Crippen LogP contribution in [0.3, 0.4) is 0 Å². The molecule has 0 radical (unpaired) electrons. The van der Waals surface area contributed by atoms with Gasteiger partial charge in [0.25, 0.3) is 5.56 Å². The molecular weight excluding hydrogens is 330 g/mol. The van der Waals surface area contributed by atoms with E-state index in [1.54, 1.807) is 28.7 Å². The monoisotopic (exact) mass is 345 g/mol. The molecule has 0 unspecified atom stereocenters. The van der Waals surface area contributed by atoms with E-state index in [2.05, 4.69) is 10.3 Å². The van der Waals surface area contributed by atoms with Crippen molar-refractivity contribution in [2.24, 2.45) is 0 Å². The normalized spacial score (nSPS) is 11.3. The summed E-state index contributed by atoms with van der Waals surface area (Å²) in [4.78, 5) is 29.9. The average molecular weight is 345 g/mol. The Morgan fingerprint density at radius 1 is 1.43 bits per heavy atom. The fourth-order valence-electron chi connectivity index (χ4n) is 2.17.